The molecule has 0 spiro atoms. The fourth-order valence-corrected chi connectivity index (χ4v) is 2.38. The largest absolute Gasteiger partial charge is 0.416 e. The molecular weight excluding hydrogens is 288 g/mol. The topological polar surface area (TPSA) is 46.3 Å². The summed E-state index contributed by atoms with van der Waals surface area (Å²) in [7, 11) is 1.52. The molecule has 21 heavy (non-hydrogen) atoms. The highest BCUT2D eigenvalue weighted by atomic mass is 19.4. The maximum Gasteiger partial charge on any atom is 0.416 e. The molecule has 0 bridgehead atoms. The van der Waals surface area contributed by atoms with Crippen LogP contribution in [0.4, 0.5) is 17.6 Å². The predicted molar refractivity (Wildman–Crippen MR) is 69.7 cm³/mol. The molecule has 7 heteroatoms. The summed E-state index contributed by atoms with van der Waals surface area (Å²) in [6.07, 6.45) is -4.55. The average molecular weight is 302 g/mol. The minimum Gasteiger partial charge on any atom is -0.385 e. The number of halogens is 4. The quantitative estimate of drug-likeness (QED) is 0.873. The SMILES string of the molecule is CN1C(N)=C(c2cccc(C(F)(F)F)c2)C(=O)C1CCF. The highest BCUT2D eigenvalue weighted by Crippen LogP contribution is 2.34. The van der Waals surface area contributed by atoms with E-state index in [0.717, 1.165) is 12.1 Å². The average Bonchev–Trinajstić information content (AvgIpc) is 2.62. The van der Waals surface area contributed by atoms with Gasteiger partial charge in [0, 0.05) is 13.5 Å². The van der Waals surface area contributed by atoms with Crippen LogP contribution in [0.2, 0.25) is 0 Å². The zero-order valence-electron chi connectivity index (χ0n) is 11.2. The van der Waals surface area contributed by atoms with Crippen LogP contribution in [-0.2, 0) is 11.0 Å². The van der Waals surface area contributed by atoms with E-state index < -0.39 is 30.2 Å². The molecule has 2 rings (SSSR count). The Morgan fingerprint density at radius 1 is 1.33 bits per heavy atom. The van der Waals surface area contributed by atoms with Gasteiger partial charge in [0.15, 0.2) is 5.78 Å². The minimum absolute atomic E-state index is 0.0158. The van der Waals surface area contributed by atoms with E-state index in [4.69, 9.17) is 5.73 Å². The molecule has 1 unspecified atom stereocenters. The van der Waals surface area contributed by atoms with E-state index in [1.165, 1.54) is 24.1 Å². The first-order chi connectivity index (χ1) is 9.77. The van der Waals surface area contributed by atoms with Crippen LogP contribution < -0.4 is 5.73 Å². The molecule has 1 aliphatic heterocycles. The lowest BCUT2D eigenvalue weighted by molar-refractivity contribution is -0.137. The highest BCUT2D eigenvalue weighted by molar-refractivity contribution is 6.25. The summed E-state index contributed by atoms with van der Waals surface area (Å²) < 4.78 is 50.7. The first kappa shape index (κ1) is 15.3. The fourth-order valence-electron chi connectivity index (χ4n) is 2.38. The number of alkyl halides is 4. The molecule has 114 valence electrons. The number of hydrogen-bond donors (Lipinski definition) is 1. The van der Waals surface area contributed by atoms with Crippen LogP contribution in [0.3, 0.4) is 0 Å². The lowest BCUT2D eigenvalue weighted by Gasteiger charge is -2.20. The lowest BCUT2D eigenvalue weighted by Crippen LogP contribution is -2.33. The Morgan fingerprint density at radius 3 is 2.57 bits per heavy atom. The second-order valence-corrected chi connectivity index (χ2v) is 4.81. The summed E-state index contributed by atoms with van der Waals surface area (Å²) in [5.74, 6) is -0.384. The molecule has 0 saturated carbocycles. The van der Waals surface area contributed by atoms with Gasteiger partial charge in [-0.3, -0.25) is 9.18 Å². The van der Waals surface area contributed by atoms with E-state index >= 15 is 0 Å². The molecule has 1 aliphatic rings. The van der Waals surface area contributed by atoms with Crippen molar-refractivity contribution >= 4 is 11.4 Å². The number of ketones is 1. The Bertz CT molecular complexity index is 595. The van der Waals surface area contributed by atoms with Crippen molar-refractivity contribution < 1.29 is 22.4 Å². The molecule has 3 nitrogen and oxygen atoms in total. The van der Waals surface area contributed by atoms with Crippen LogP contribution in [0.15, 0.2) is 30.1 Å². The summed E-state index contributed by atoms with van der Waals surface area (Å²) >= 11 is 0. The first-order valence-electron chi connectivity index (χ1n) is 6.27. The van der Waals surface area contributed by atoms with Gasteiger partial charge in [-0.1, -0.05) is 12.1 Å². The summed E-state index contributed by atoms with van der Waals surface area (Å²) in [5.41, 5.74) is 5.06. The molecule has 1 aromatic rings. The van der Waals surface area contributed by atoms with Gasteiger partial charge in [-0.05, 0) is 17.7 Å². The van der Waals surface area contributed by atoms with Crippen LogP contribution in [-0.4, -0.2) is 30.4 Å². The smallest absolute Gasteiger partial charge is 0.385 e. The number of nitrogens with two attached hydrogens (primary N) is 1. The third kappa shape index (κ3) is 2.72. The summed E-state index contributed by atoms with van der Waals surface area (Å²) in [4.78, 5) is 13.7. The summed E-state index contributed by atoms with van der Waals surface area (Å²) in [5, 5.41) is 0. The molecular formula is C14H14F4N2O. The number of nitrogens with zero attached hydrogens (tertiary/aromatic N) is 1. The van der Waals surface area contributed by atoms with Crippen LogP contribution >= 0.6 is 0 Å². The third-order valence-electron chi connectivity index (χ3n) is 3.51. The first-order valence-corrected chi connectivity index (χ1v) is 6.27. The molecule has 1 aromatic carbocycles. The summed E-state index contributed by atoms with van der Waals surface area (Å²) in [6, 6.07) is 3.64. The Kier molecular flexibility index (Phi) is 3.93. The van der Waals surface area contributed by atoms with E-state index in [1.807, 2.05) is 0 Å². The Hall–Kier alpha value is -2.05. The van der Waals surface area contributed by atoms with Crippen molar-refractivity contribution in [1.29, 1.82) is 0 Å². The molecule has 1 heterocycles. The van der Waals surface area contributed by atoms with Gasteiger partial charge in [0.1, 0.15) is 5.82 Å². The van der Waals surface area contributed by atoms with Gasteiger partial charge in [0.25, 0.3) is 0 Å². The monoisotopic (exact) mass is 302 g/mol. The zero-order valence-corrected chi connectivity index (χ0v) is 11.2. The second-order valence-electron chi connectivity index (χ2n) is 4.81. The number of carbonyl (C=O) groups excluding carboxylic acids is 1. The molecule has 0 radical (unpaired) electrons. The zero-order chi connectivity index (χ0) is 15.8. The normalized spacial score (nSPS) is 19.6. The van der Waals surface area contributed by atoms with Crippen molar-refractivity contribution in [3.63, 3.8) is 0 Å². The van der Waals surface area contributed by atoms with Crippen molar-refractivity contribution in [1.82, 2.24) is 4.90 Å². The van der Waals surface area contributed by atoms with Crippen LogP contribution in [0.5, 0.6) is 0 Å². The van der Waals surface area contributed by atoms with Crippen molar-refractivity contribution in [2.45, 2.75) is 18.6 Å². The third-order valence-corrected chi connectivity index (χ3v) is 3.51. The molecule has 0 fully saturated rings. The molecule has 0 amide bonds. The Balaban J connectivity index is 2.44. The van der Waals surface area contributed by atoms with Gasteiger partial charge in [-0.15, -0.1) is 0 Å². The van der Waals surface area contributed by atoms with Crippen molar-refractivity contribution in [2.24, 2.45) is 5.73 Å². The highest BCUT2D eigenvalue weighted by Gasteiger charge is 2.38. The number of hydrogen-bond acceptors (Lipinski definition) is 3. The maximum atomic E-state index is 12.7. The van der Waals surface area contributed by atoms with E-state index in [2.05, 4.69) is 0 Å². The van der Waals surface area contributed by atoms with Crippen LogP contribution in [0.1, 0.15) is 17.5 Å². The van der Waals surface area contributed by atoms with Crippen molar-refractivity contribution in [2.75, 3.05) is 13.7 Å². The van der Waals surface area contributed by atoms with E-state index in [9.17, 15) is 22.4 Å². The van der Waals surface area contributed by atoms with E-state index in [-0.39, 0.29) is 23.4 Å². The number of Topliss-reactive ketones (excluding diaryl/α,β-unsaturated/α-hetero) is 1. The Morgan fingerprint density at radius 2 is 2.00 bits per heavy atom. The fraction of sp³-hybridized carbons (Fsp3) is 0.357. The molecule has 0 aromatic heterocycles. The van der Waals surface area contributed by atoms with E-state index in [1.54, 1.807) is 0 Å². The minimum atomic E-state index is -4.50. The van der Waals surface area contributed by atoms with Gasteiger partial charge in [-0.25, -0.2) is 0 Å². The maximum absolute atomic E-state index is 12.7. The van der Waals surface area contributed by atoms with Crippen LogP contribution in [0.25, 0.3) is 5.57 Å². The standard InChI is InChI=1S/C14H14F4N2O/c1-20-10(5-6-15)12(21)11(13(20)19)8-3-2-4-9(7-8)14(16,17)18/h2-4,7,10H,5-6,19H2,1H3. The van der Waals surface area contributed by atoms with Gasteiger partial charge < -0.3 is 10.6 Å². The predicted octanol–water partition coefficient (Wildman–Crippen LogP) is 2.58. The molecule has 0 aliphatic carbocycles. The van der Waals surface area contributed by atoms with Gasteiger partial charge in [-0.2, -0.15) is 13.2 Å². The molecule has 0 saturated heterocycles. The van der Waals surface area contributed by atoms with Gasteiger partial charge >= 0.3 is 6.18 Å². The summed E-state index contributed by atoms with van der Waals surface area (Å²) in [6.45, 7) is -0.704. The number of carbonyl (C=O) groups is 1. The number of rotatable bonds is 3. The van der Waals surface area contributed by atoms with Crippen LogP contribution in [0, 0.1) is 0 Å². The second kappa shape index (κ2) is 5.38. The lowest BCUT2D eigenvalue weighted by atomic mass is 9.97. The van der Waals surface area contributed by atoms with Crippen molar-refractivity contribution in [3.8, 4) is 0 Å². The number of likely N-dealkylation sites (N-methyl/N-ethyl adjacent to an activating group) is 1. The van der Waals surface area contributed by atoms with E-state index in [0.29, 0.717) is 0 Å². The molecule has 2 N–H and O–H groups in total. The Labute approximate surface area is 119 Å². The number of benzene rings is 1. The molecule has 1 atom stereocenters. The van der Waals surface area contributed by atoms with Gasteiger partial charge in [0.05, 0.1) is 23.9 Å². The van der Waals surface area contributed by atoms with Crippen molar-refractivity contribution in [3.05, 3.63) is 41.2 Å². The van der Waals surface area contributed by atoms with Gasteiger partial charge in [0.2, 0.25) is 0 Å².